The number of nitrogens with one attached hydrogen (secondary N) is 1. The fourth-order valence-corrected chi connectivity index (χ4v) is 1.33. The van der Waals surface area contributed by atoms with E-state index in [1.54, 1.807) is 24.3 Å². The fraction of sp³-hybridized carbons (Fsp3) is 0. The zero-order chi connectivity index (χ0) is 10.8. The number of hydrogen-bond acceptors (Lipinski definition) is 4. The highest BCUT2D eigenvalue weighted by Gasteiger charge is 2.02. The first kappa shape index (κ1) is 9.53. The maximum absolute atomic E-state index is 10.8. The molecule has 7 heteroatoms. The zero-order valence-electron chi connectivity index (χ0n) is 7.54. The van der Waals surface area contributed by atoms with Gasteiger partial charge in [0, 0.05) is 5.56 Å². The Bertz CT molecular complexity index is 541. The van der Waals surface area contributed by atoms with Crippen LogP contribution in [-0.2, 0) is 0 Å². The van der Waals surface area contributed by atoms with E-state index in [9.17, 15) is 4.79 Å². The van der Waals surface area contributed by atoms with Gasteiger partial charge in [-0.25, -0.2) is 4.68 Å². The van der Waals surface area contributed by atoms with Crippen molar-refractivity contribution in [3.63, 3.8) is 0 Å². The van der Waals surface area contributed by atoms with Crippen LogP contribution in [0.25, 0.3) is 5.69 Å². The van der Waals surface area contributed by atoms with Crippen molar-refractivity contribution in [3.05, 3.63) is 34.6 Å². The van der Waals surface area contributed by atoms with Crippen molar-refractivity contribution in [2.75, 3.05) is 0 Å². The Morgan fingerprint density at radius 1 is 1.40 bits per heavy atom. The van der Waals surface area contributed by atoms with E-state index in [-0.39, 0.29) is 0 Å². The molecule has 0 aliphatic rings. The number of benzene rings is 1. The second-order valence-corrected chi connectivity index (χ2v) is 3.19. The molecule has 1 aromatic carbocycles. The molecule has 0 fully saturated rings. The van der Waals surface area contributed by atoms with Gasteiger partial charge in [-0.15, -0.1) is 0 Å². The molecule has 0 atom stereocenters. The average Bonchev–Trinajstić information content (AvgIpc) is 2.65. The summed E-state index contributed by atoms with van der Waals surface area (Å²) in [6, 6.07) is 6.63. The largest absolute Gasteiger partial charge is 0.366 e. The van der Waals surface area contributed by atoms with Crippen molar-refractivity contribution in [3.8, 4) is 5.69 Å². The van der Waals surface area contributed by atoms with Crippen LogP contribution in [0.15, 0.2) is 24.3 Å². The van der Waals surface area contributed by atoms with E-state index < -0.39 is 5.91 Å². The monoisotopic (exact) mass is 221 g/mol. The Hall–Kier alpha value is -2.02. The number of carbonyl (C=O) groups excluding carboxylic acids is 1. The van der Waals surface area contributed by atoms with Gasteiger partial charge in [0.1, 0.15) is 0 Å². The average molecular weight is 221 g/mol. The third-order valence-electron chi connectivity index (χ3n) is 1.88. The van der Waals surface area contributed by atoms with Crippen LogP contribution in [0, 0.1) is 4.77 Å². The predicted octanol–water partition coefficient (Wildman–Crippen LogP) is 0.424. The lowest BCUT2D eigenvalue weighted by atomic mass is 10.2. The molecule has 0 saturated heterocycles. The second-order valence-electron chi connectivity index (χ2n) is 2.83. The molecule has 0 bridgehead atoms. The summed E-state index contributed by atoms with van der Waals surface area (Å²) in [5.74, 6) is -0.465. The first-order valence-corrected chi connectivity index (χ1v) is 4.49. The van der Waals surface area contributed by atoms with E-state index >= 15 is 0 Å². The van der Waals surface area contributed by atoms with Gasteiger partial charge < -0.3 is 5.73 Å². The summed E-state index contributed by atoms with van der Waals surface area (Å²) in [4.78, 5) is 10.8. The number of nitrogens with two attached hydrogens (primary N) is 1. The predicted molar refractivity (Wildman–Crippen MR) is 55.1 cm³/mol. The maximum Gasteiger partial charge on any atom is 0.248 e. The lowest BCUT2D eigenvalue weighted by Crippen LogP contribution is -2.10. The van der Waals surface area contributed by atoms with Crippen molar-refractivity contribution in [1.29, 1.82) is 0 Å². The standard InChI is InChI=1S/C8H7N5OS/c9-7(14)5-1-3-6(4-2-5)13-8(15)10-11-12-13/h1-4H,(H2,9,14)(H,10,12,15). The van der Waals surface area contributed by atoms with Crippen molar-refractivity contribution < 1.29 is 4.79 Å². The molecular formula is C8H7N5OS. The van der Waals surface area contributed by atoms with Crippen LogP contribution in [0.2, 0.25) is 0 Å². The van der Waals surface area contributed by atoms with Gasteiger partial charge in [-0.05, 0) is 36.5 Å². The molecular weight excluding hydrogens is 214 g/mol. The molecule has 1 amide bonds. The van der Waals surface area contributed by atoms with Gasteiger partial charge in [-0.1, -0.05) is 10.3 Å². The van der Waals surface area contributed by atoms with Gasteiger partial charge in [0.15, 0.2) is 0 Å². The number of tetrazole rings is 1. The van der Waals surface area contributed by atoms with Crippen LogP contribution in [0.3, 0.4) is 0 Å². The summed E-state index contributed by atoms with van der Waals surface area (Å²) in [5.41, 5.74) is 6.30. The number of rotatable bonds is 2. The second kappa shape index (κ2) is 3.62. The molecule has 3 N–H and O–H groups in total. The zero-order valence-corrected chi connectivity index (χ0v) is 8.36. The van der Waals surface area contributed by atoms with Crippen LogP contribution in [0.1, 0.15) is 10.4 Å². The Kier molecular flexibility index (Phi) is 2.30. The smallest absolute Gasteiger partial charge is 0.248 e. The Balaban J connectivity index is 2.44. The van der Waals surface area contributed by atoms with Gasteiger partial charge in [-0.2, -0.15) is 5.21 Å². The van der Waals surface area contributed by atoms with E-state index in [2.05, 4.69) is 15.5 Å². The van der Waals surface area contributed by atoms with E-state index in [1.165, 1.54) is 4.68 Å². The van der Waals surface area contributed by atoms with Crippen LogP contribution in [-0.4, -0.2) is 26.1 Å². The van der Waals surface area contributed by atoms with Gasteiger partial charge in [0.25, 0.3) is 0 Å². The summed E-state index contributed by atoms with van der Waals surface area (Å²) >= 11 is 4.92. The lowest BCUT2D eigenvalue weighted by Gasteiger charge is -2.00. The first-order chi connectivity index (χ1) is 7.18. The molecule has 0 unspecified atom stereocenters. The highest BCUT2D eigenvalue weighted by Crippen LogP contribution is 2.07. The topological polar surface area (TPSA) is 89.6 Å². The molecule has 2 aromatic rings. The number of hydrogen-bond donors (Lipinski definition) is 2. The minimum atomic E-state index is -0.465. The quantitative estimate of drug-likeness (QED) is 0.719. The van der Waals surface area contributed by atoms with Crippen LogP contribution < -0.4 is 5.73 Å². The van der Waals surface area contributed by atoms with E-state index in [1.807, 2.05) is 0 Å². The molecule has 0 saturated carbocycles. The molecule has 6 nitrogen and oxygen atoms in total. The highest BCUT2D eigenvalue weighted by atomic mass is 32.1. The van der Waals surface area contributed by atoms with Crippen LogP contribution in [0.4, 0.5) is 0 Å². The van der Waals surface area contributed by atoms with E-state index in [0.29, 0.717) is 10.3 Å². The van der Waals surface area contributed by atoms with Gasteiger partial charge in [0.2, 0.25) is 10.7 Å². The SMILES string of the molecule is NC(=O)c1ccc(-n2[nH]nnc2=S)cc1. The number of carbonyl (C=O) groups is 1. The van der Waals surface area contributed by atoms with Crippen LogP contribution in [0.5, 0.6) is 0 Å². The van der Waals surface area contributed by atoms with Gasteiger partial charge in [0.05, 0.1) is 5.69 Å². The summed E-state index contributed by atoms with van der Waals surface area (Å²) in [7, 11) is 0. The summed E-state index contributed by atoms with van der Waals surface area (Å²) in [5, 5.41) is 9.78. The van der Waals surface area contributed by atoms with Crippen molar-refractivity contribution in [1.82, 2.24) is 20.2 Å². The molecule has 76 valence electrons. The Morgan fingerprint density at radius 3 is 2.53 bits per heavy atom. The number of amides is 1. The third kappa shape index (κ3) is 1.77. The minimum Gasteiger partial charge on any atom is -0.366 e. The number of primary amides is 1. The molecule has 0 spiro atoms. The molecule has 0 aliphatic carbocycles. The van der Waals surface area contributed by atoms with Crippen molar-refractivity contribution in [2.45, 2.75) is 0 Å². The number of aromatic amines is 1. The molecule has 0 radical (unpaired) electrons. The number of H-pyrrole nitrogens is 1. The van der Waals surface area contributed by atoms with Gasteiger partial charge >= 0.3 is 0 Å². The highest BCUT2D eigenvalue weighted by molar-refractivity contribution is 7.71. The molecule has 15 heavy (non-hydrogen) atoms. The summed E-state index contributed by atoms with van der Waals surface area (Å²) in [6.45, 7) is 0. The lowest BCUT2D eigenvalue weighted by molar-refractivity contribution is 0.100. The Morgan fingerprint density at radius 2 is 2.07 bits per heavy atom. The molecule has 1 heterocycles. The third-order valence-corrected chi connectivity index (χ3v) is 2.15. The Labute approximate surface area is 89.7 Å². The summed E-state index contributed by atoms with van der Waals surface area (Å²) in [6.07, 6.45) is 0. The van der Waals surface area contributed by atoms with E-state index in [0.717, 1.165) is 5.69 Å². The summed E-state index contributed by atoms with van der Waals surface area (Å²) < 4.78 is 1.84. The number of aromatic nitrogens is 4. The maximum atomic E-state index is 10.8. The molecule has 1 aromatic heterocycles. The van der Waals surface area contributed by atoms with Crippen LogP contribution >= 0.6 is 12.2 Å². The fourth-order valence-electron chi connectivity index (χ4n) is 1.14. The number of nitrogens with zero attached hydrogens (tertiary/aromatic N) is 3. The van der Waals surface area contributed by atoms with Crippen molar-refractivity contribution >= 4 is 18.1 Å². The first-order valence-electron chi connectivity index (χ1n) is 4.09. The van der Waals surface area contributed by atoms with Crippen molar-refractivity contribution in [2.24, 2.45) is 5.73 Å². The molecule has 2 rings (SSSR count). The van der Waals surface area contributed by atoms with E-state index in [4.69, 9.17) is 18.0 Å². The minimum absolute atomic E-state index is 0.321. The normalized spacial score (nSPS) is 10.1. The van der Waals surface area contributed by atoms with Gasteiger partial charge in [-0.3, -0.25) is 4.79 Å². The molecule has 0 aliphatic heterocycles.